The third kappa shape index (κ3) is 4.53. The van der Waals surface area contributed by atoms with Crippen molar-refractivity contribution in [1.29, 1.82) is 5.26 Å². The lowest BCUT2D eigenvalue weighted by molar-refractivity contribution is -0.137. The largest absolute Gasteiger partial charge is 0.416 e. The molecule has 0 bridgehead atoms. The van der Waals surface area contributed by atoms with Crippen LogP contribution in [0.1, 0.15) is 50.1 Å². The lowest BCUT2D eigenvalue weighted by atomic mass is 9.97. The van der Waals surface area contributed by atoms with E-state index in [4.69, 9.17) is 0 Å². The topological polar surface area (TPSA) is 78.0 Å². The molecular formula is C25H26F4N6O. The lowest BCUT2D eigenvalue weighted by Crippen LogP contribution is -2.58. The third-order valence-electron chi connectivity index (χ3n) is 6.95. The Morgan fingerprint density at radius 2 is 1.92 bits per heavy atom. The van der Waals surface area contributed by atoms with Gasteiger partial charge in [-0.05, 0) is 44.5 Å². The number of nitrogens with zero attached hydrogens (tertiary/aromatic N) is 6. The third-order valence-corrected chi connectivity index (χ3v) is 6.95. The molecule has 1 aliphatic rings. The molecule has 0 spiro atoms. The van der Waals surface area contributed by atoms with Crippen molar-refractivity contribution in [1.82, 2.24) is 19.4 Å². The van der Waals surface area contributed by atoms with Crippen molar-refractivity contribution in [2.24, 2.45) is 7.05 Å². The molecule has 1 aliphatic heterocycles. The zero-order valence-electron chi connectivity index (χ0n) is 20.3. The number of hydrogen-bond acceptors (Lipinski definition) is 6. The highest BCUT2D eigenvalue weighted by Gasteiger charge is 2.37. The minimum Gasteiger partial charge on any atom is -0.349 e. The van der Waals surface area contributed by atoms with Crippen LogP contribution in [0.5, 0.6) is 0 Å². The molecule has 0 amide bonds. The van der Waals surface area contributed by atoms with E-state index in [1.54, 1.807) is 26.1 Å². The SMILES string of the molecule is CC[C@@H]1CN(c2nc(=O)n(C)c3ccc(C#N)nc23)[C@@H](C)CN1C(C)c1ccc(C(F)(F)F)cc1F. The summed E-state index contributed by atoms with van der Waals surface area (Å²) in [5.41, 5.74) is -0.0885. The van der Waals surface area contributed by atoms with Crippen LogP contribution < -0.4 is 10.6 Å². The second kappa shape index (κ2) is 9.50. The number of fused-ring (bicyclic) bond motifs is 1. The van der Waals surface area contributed by atoms with Gasteiger partial charge in [0.15, 0.2) is 5.82 Å². The maximum atomic E-state index is 14.8. The van der Waals surface area contributed by atoms with Crippen molar-refractivity contribution in [3.8, 4) is 6.07 Å². The van der Waals surface area contributed by atoms with Gasteiger partial charge in [0, 0.05) is 43.8 Å². The smallest absolute Gasteiger partial charge is 0.349 e. The van der Waals surface area contributed by atoms with Crippen molar-refractivity contribution in [2.75, 3.05) is 18.0 Å². The van der Waals surface area contributed by atoms with Gasteiger partial charge in [-0.15, -0.1) is 0 Å². The Morgan fingerprint density at radius 1 is 1.19 bits per heavy atom. The van der Waals surface area contributed by atoms with E-state index in [9.17, 15) is 27.6 Å². The molecule has 3 aromatic rings. The summed E-state index contributed by atoms with van der Waals surface area (Å²) in [5, 5.41) is 9.33. The maximum Gasteiger partial charge on any atom is 0.416 e. The van der Waals surface area contributed by atoms with Crippen LogP contribution in [-0.4, -0.2) is 44.6 Å². The Hall–Kier alpha value is -3.52. The average molecular weight is 503 g/mol. The van der Waals surface area contributed by atoms with Crippen LogP contribution in [0.4, 0.5) is 23.4 Å². The summed E-state index contributed by atoms with van der Waals surface area (Å²) in [6.45, 7) is 6.59. The first-order valence-electron chi connectivity index (χ1n) is 11.6. The molecule has 0 N–H and O–H groups in total. The zero-order chi connectivity index (χ0) is 26.4. The van der Waals surface area contributed by atoms with Gasteiger partial charge in [0.25, 0.3) is 0 Å². The summed E-state index contributed by atoms with van der Waals surface area (Å²) in [5.74, 6) is -0.515. The highest BCUT2D eigenvalue weighted by Crippen LogP contribution is 2.35. The average Bonchev–Trinajstić information content (AvgIpc) is 2.84. The number of benzene rings is 1. The van der Waals surface area contributed by atoms with Gasteiger partial charge in [-0.25, -0.2) is 14.2 Å². The number of aryl methyl sites for hydroxylation is 1. The van der Waals surface area contributed by atoms with Crippen molar-refractivity contribution >= 4 is 16.9 Å². The van der Waals surface area contributed by atoms with Crippen molar-refractivity contribution in [2.45, 2.75) is 51.5 Å². The van der Waals surface area contributed by atoms with Crippen molar-refractivity contribution in [3.63, 3.8) is 0 Å². The van der Waals surface area contributed by atoms with E-state index >= 15 is 0 Å². The minimum absolute atomic E-state index is 0.0991. The molecule has 1 saturated heterocycles. The molecule has 1 fully saturated rings. The number of rotatable bonds is 4. The molecule has 0 saturated carbocycles. The van der Waals surface area contributed by atoms with Gasteiger partial charge in [0.2, 0.25) is 0 Å². The number of piperazine rings is 1. The number of nitriles is 1. The fourth-order valence-corrected chi connectivity index (χ4v) is 4.89. The summed E-state index contributed by atoms with van der Waals surface area (Å²) in [4.78, 5) is 25.3. The van der Waals surface area contributed by atoms with E-state index in [-0.39, 0.29) is 23.3 Å². The molecule has 4 rings (SSSR count). The standard InChI is InChI=1S/C25H26F4N6O/c1-5-18-13-34(23-22-21(33(4)24(36)32-23)9-7-17(11-30)31-22)14(2)12-35(18)15(3)19-8-6-16(10-20(19)26)25(27,28)29/h6-10,14-15,18H,5,12-13H2,1-4H3/t14-,15?,18+/m0/s1. The number of alkyl halides is 3. The Kier molecular flexibility index (Phi) is 6.75. The van der Waals surface area contributed by atoms with E-state index in [0.29, 0.717) is 42.4 Å². The van der Waals surface area contributed by atoms with Gasteiger partial charge < -0.3 is 4.90 Å². The monoisotopic (exact) mass is 502 g/mol. The maximum absolute atomic E-state index is 14.8. The fourth-order valence-electron chi connectivity index (χ4n) is 4.89. The molecular weight excluding hydrogens is 476 g/mol. The molecule has 1 aromatic carbocycles. The quantitative estimate of drug-likeness (QED) is 0.492. The van der Waals surface area contributed by atoms with E-state index in [0.717, 1.165) is 6.07 Å². The van der Waals surface area contributed by atoms with Gasteiger partial charge in [0.05, 0.1) is 11.1 Å². The summed E-state index contributed by atoms with van der Waals surface area (Å²) >= 11 is 0. The van der Waals surface area contributed by atoms with E-state index < -0.39 is 29.3 Å². The van der Waals surface area contributed by atoms with Gasteiger partial charge in [-0.3, -0.25) is 9.47 Å². The molecule has 190 valence electrons. The Morgan fingerprint density at radius 3 is 2.53 bits per heavy atom. The van der Waals surface area contributed by atoms with Crippen molar-refractivity contribution in [3.05, 3.63) is 63.5 Å². The molecule has 36 heavy (non-hydrogen) atoms. The van der Waals surface area contributed by atoms with E-state index in [1.807, 2.05) is 24.8 Å². The number of hydrogen-bond donors (Lipinski definition) is 0. The minimum atomic E-state index is -4.61. The van der Waals surface area contributed by atoms with Crippen molar-refractivity contribution < 1.29 is 17.6 Å². The molecule has 7 nitrogen and oxygen atoms in total. The summed E-state index contributed by atoms with van der Waals surface area (Å²) in [7, 11) is 1.59. The van der Waals surface area contributed by atoms with Crippen LogP contribution in [-0.2, 0) is 13.2 Å². The van der Waals surface area contributed by atoms with E-state index in [2.05, 4.69) is 14.9 Å². The molecule has 0 aliphatic carbocycles. The molecule has 2 aromatic heterocycles. The van der Waals surface area contributed by atoms with Crippen LogP contribution >= 0.6 is 0 Å². The van der Waals surface area contributed by atoms with Crippen LogP contribution in [0.2, 0.25) is 0 Å². The van der Waals surface area contributed by atoms with Crippen LogP contribution in [0.25, 0.3) is 11.0 Å². The second-order valence-electron chi connectivity index (χ2n) is 9.12. The van der Waals surface area contributed by atoms with Crippen LogP contribution in [0.15, 0.2) is 35.1 Å². The number of anilines is 1. The first-order valence-corrected chi connectivity index (χ1v) is 11.6. The molecule has 1 unspecified atom stereocenters. The molecule has 3 atom stereocenters. The number of aromatic nitrogens is 3. The van der Waals surface area contributed by atoms with Gasteiger partial charge in [0.1, 0.15) is 23.1 Å². The van der Waals surface area contributed by atoms with Gasteiger partial charge >= 0.3 is 11.9 Å². The fraction of sp³-hybridized carbons (Fsp3) is 0.440. The predicted molar refractivity (Wildman–Crippen MR) is 127 cm³/mol. The Balaban J connectivity index is 1.69. The summed E-state index contributed by atoms with van der Waals surface area (Å²) in [6, 6.07) is 7.13. The first kappa shape index (κ1) is 25.6. The predicted octanol–water partition coefficient (Wildman–Crippen LogP) is 4.41. The summed E-state index contributed by atoms with van der Waals surface area (Å²) in [6.07, 6.45) is -3.94. The number of pyridine rings is 1. The van der Waals surface area contributed by atoms with Crippen LogP contribution in [0, 0.1) is 17.1 Å². The molecule has 0 radical (unpaired) electrons. The molecule has 11 heteroatoms. The van der Waals surface area contributed by atoms with Gasteiger partial charge in [-0.2, -0.15) is 23.4 Å². The Labute approximate surface area is 205 Å². The summed E-state index contributed by atoms with van der Waals surface area (Å²) < 4.78 is 55.2. The van der Waals surface area contributed by atoms with Crippen LogP contribution in [0.3, 0.4) is 0 Å². The van der Waals surface area contributed by atoms with Gasteiger partial charge in [-0.1, -0.05) is 13.0 Å². The number of halogens is 4. The van der Waals surface area contributed by atoms with E-state index in [1.165, 1.54) is 10.6 Å². The highest BCUT2D eigenvalue weighted by atomic mass is 19.4. The lowest BCUT2D eigenvalue weighted by Gasteiger charge is -2.48. The Bertz CT molecular complexity index is 1400. The molecule has 3 heterocycles. The second-order valence-corrected chi connectivity index (χ2v) is 9.12. The zero-order valence-corrected chi connectivity index (χ0v) is 20.3. The normalized spacial score (nSPS) is 19.9. The highest BCUT2D eigenvalue weighted by molar-refractivity contribution is 5.86. The first-order chi connectivity index (χ1) is 17.0.